The number of carbonyl (C=O) groups excluding carboxylic acids is 1. The molecular formula is C23H26ClN3O2. The highest BCUT2D eigenvalue weighted by Gasteiger charge is 2.34. The van der Waals surface area contributed by atoms with Crippen molar-refractivity contribution in [3.63, 3.8) is 0 Å². The molecular weight excluding hydrogens is 386 g/mol. The Labute approximate surface area is 176 Å². The molecule has 0 aliphatic carbocycles. The quantitative estimate of drug-likeness (QED) is 0.764. The number of amides is 1. The Hall–Kier alpha value is -2.21. The predicted octanol–water partition coefficient (Wildman–Crippen LogP) is 3.97. The van der Waals surface area contributed by atoms with Crippen molar-refractivity contribution in [1.82, 2.24) is 9.91 Å². The van der Waals surface area contributed by atoms with Crippen molar-refractivity contribution in [2.24, 2.45) is 5.10 Å². The third-order valence-corrected chi connectivity index (χ3v) is 5.84. The minimum atomic E-state index is -0.115. The first kappa shape index (κ1) is 20.1. The highest BCUT2D eigenvalue weighted by Crippen LogP contribution is 2.34. The molecule has 2 heterocycles. The Bertz CT molecular complexity index is 920. The summed E-state index contributed by atoms with van der Waals surface area (Å²) < 4.78 is 5.40. The minimum Gasteiger partial charge on any atom is -0.379 e. The molecule has 4 rings (SSSR count). The number of benzene rings is 2. The zero-order valence-corrected chi connectivity index (χ0v) is 17.7. The topological polar surface area (TPSA) is 45.1 Å². The Morgan fingerprint density at radius 2 is 1.86 bits per heavy atom. The maximum atomic E-state index is 13.2. The van der Waals surface area contributed by atoms with E-state index in [0.29, 0.717) is 31.2 Å². The molecule has 1 saturated heterocycles. The van der Waals surface area contributed by atoms with Crippen LogP contribution in [0.1, 0.15) is 34.7 Å². The number of hydrogen-bond acceptors (Lipinski definition) is 4. The molecule has 2 aromatic carbocycles. The molecule has 0 saturated carbocycles. The van der Waals surface area contributed by atoms with Crippen molar-refractivity contribution in [3.8, 4) is 0 Å². The fraction of sp³-hybridized carbons (Fsp3) is 0.391. The Morgan fingerprint density at radius 3 is 2.59 bits per heavy atom. The van der Waals surface area contributed by atoms with Crippen LogP contribution in [0.5, 0.6) is 0 Å². The lowest BCUT2D eigenvalue weighted by atomic mass is 9.95. The van der Waals surface area contributed by atoms with Gasteiger partial charge in [-0.3, -0.25) is 9.69 Å². The number of aryl methyl sites for hydroxylation is 2. The molecule has 0 unspecified atom stereocenters. The van der Waals surface area contributed by atoms with Crippen molar-refractivity contribution in [3.05, 3.63) is 69.7 Å². The molecule has 0 N–H and O–H groups in total. The van der Waals surface area contributed by atoms with E-state index in [0.717, 1.165) is 29.9 Å². The number of rotatable bonds is 4. The van der Waals surface area contributed by atoms with Gasteiger partial charge in [0.25, 0.3) is 5.91 Å². The summed E-state index contributed by atoms with van der Waals surface area (Å²) in [6, 6.07) is 14.0. The second kappa shape index (κ2) is 8.66. The lowest BCUT2D eigenvalue weighted by molar-refractivity contribution is -0.135. The molecule has 6 heteroatoms. The molecule has 1 amide bonds. The van der Waals surface area contributed by atoms with Gasteiger partial charge >= 0.3 is 0 Å². The molecule has 0 spiro atoms. The summed E-state index contributed by atoms with van der Waals surface area (Å²) in [5, 5.41) is 7.18. The Balaban J connectivity index is 1.64. The molecule has 29 heavy (non-hydrogen) atoms. The number of halogens is 1. The summed E-state index contributed by atoms with van der Waals surface area (Å²) in [6.45, 7) is 7.42. The van der Waals surface area contributed by atoms with E-state index in [1.165, 1.54) is 11.1 Å². The molecule has 5 nitrogen and oxygen atoms in total. The van der Waals surface area contributed by atoms with Crippen LogP contribution in [0.25, 0.3) is 0 Å². The normalized spacial score (nSPS) is 20.0. The third kappa shape index (κ3) is 4.53. The summed E-state index contributed by atoms with van der Waals surface area (Å²) in [4.78, 5) is 15.3. The zero-order valence-electron chi connectivity index (χ0n) is 16.9. The molecule has 2 aliphatic rings. The molecule has 2 aliphatic heterocycles. The molecule has 0 bridgehead atoms. The average Bonchev–Trinajstić information content (AvgIpc) is 3.16. The predicted molar refractivity (Wildman–Crippen MR) is 115 cm³/mol. The lowest BCUT2D eigenvalue weighted by Gasteiger charge is -2.29. The fourth-order valence-electron chi connectivity index (χ4n) is 3.92. The van der Waals surface area contributed by atoms with Crippen LogP contribution in [-0.2, 0) is 9.53 Å². The second-order valence-electron chi connectivity index (χ2n) is 7.76. The van der Waals surface area contributed by atoms with Crippen molar-refractivity contribution in [2.45, 2.75) is 26.3 Å². The molecule has 1 atom stereocenters. The third-order valence-electron chi connectivity index (χ3n) is 5.59. The van der Waals surface area contributed by atoms with E-state index in [1.54, 1.807) is 5.01 Å². The average molecular weight is 412 g/mol. The summed E-state index contributed by atoms with van der Waals surface area (Å²) in [6.07, 6.45) is 0.695. The number of nitrogens with zero attached hydrogens (tertiary/aromatic N) is 3. The largest absolute Gasteiger partial charge is 0.379 e. The number of hydrazone groups is 1. The van der Waals surface area contributed by atoms with E-state index in [2.05, 4.69) is 36.9 Å². The van der Waals surface area contributed by atoms with Crippen LogP contribution in [-0.4, -0.2) is 54.4 Å². The number of morpholine rings is 1. The highest BCUT2D eigenvalue weighted by molar-refractivity contribution is 6.30. The second-order valence-corrected chi connectivity index (χ2v) is 8.20. The summed E-state index contributed by atoms with van der Waals surface area (Å²) >= 11 is 6.08. The van der Waals surface area contributed by atoms with Crippen LogP contribution in [0.15, 0.2) is 47.6 Å². The van der Waals surface area contributed by atoms with Gasteiger partial charge in [0, 0.05) is 30.1 Å². The van der Waals surface area contributed by atoms with Crippen LogP contribution >= 0.6 is 11.6 Å². The van der Waals surface area contributed by atoms with Gasteiger partial charge in [-0.2, -0.15) is 5.10 Å². The van der Waals surface area contributed by atoms with Gasteiger partial charge < -0.3 is 4.74 Å². The van der Waals surface area contributed by atoms with Gasteiger partial charge in [-0.1, -0.05) is 41.4 Å². The van der Waals surface area contributed by atoms with Crippen LogP contribution < -0.4 is 0 Å². The first-order valence-corrected chi connectivity index (χ1v) is 10.4. The summed E-state index contributed by atoms with van der Waals surface area (Å²) in [5.74, 6) is 0.0205. The number of ether oxygens (including phenoxy) is 1. The van der Waals surface area contributed by atoms with Crippen molar-refractivity contribution >= 4 is 23.2 Å². The van der Waals surface area contributed by atoms with Gasteiger partial charge in [-0.05, 0) is 43.2 Å². The molecule has 1 fully saturated rings. The van der Waals surface area contributed by atoms with Gasteiger partial charge in [0.15, 0.2) is 0 Å². The smallest absolute Gasteiger partial charge is 0.257 e. The molecule has 2 aromatic rings. The van der Waals surface area contributed by atoms with Gasteiger partial charge in [0.2, 0.25) is 0 Å². The van der Waals surface area contributed by atoms with E-state index in [1.807, 2.05) is 24.3 Å². The van der Waals surface area contributed by atoms with Crippen LogP contribution in [0.3, 0.4) is 0 Å². The molecule has 0 radical (unpaired) electrons. The van der Waals surface area contributed by atoms with Gasteiger partial charge in [0.05, 0.1) is 31.5 Å². The fourth-order valence-corrected chi connectivity index (χ4v) is 4.04. The maximum Gasteiger partial charge on any atom is 0.257 e. The van der Waals surface area contributed by atoms with Crippen molar-refractivity contribution in [2.75, 3.05) is 32.8 Å². The van der Waals surface area contributed by atoms with Crippen molar-refractivity contribution in [1.29, 1.82) is 0 Å². The van der Waals surface area contributed by atoms with Crippen LogP contribution in [0, 0.1) is 13.8 Å². The standard InChI is InChI=1S/C23H26ClN3O2/c1-16-3-4-17(2)20(13-16)21-14-22(18-5-7-19(24)8-6-18)27(25-21)23(28)15-26-9-11-29-12-10-26/h3-8,13,22H,9-12,14-15H2,1-2H3/t22-/m1/s1. The first-order chi connectivity index (χ1) is 14.0. The molecule has 152 valence electrons. The SMILES string of the molecule is Cc1ccc(C)c(C2=NN(C(=O)CN3CCOCC3)[C@@H](c3ccc(Cl)cc3)C2)c1. The van der Waals surface area contributed by atoms with Gasteiger partial charge in [-0.25, -0.2) is 5.01 Å². The zero-order chi connectivity index (χ0) is 20.4. The molecule has 0 aromatic heterocycles. The van der Waals surface area contributed by atoms with Gasteiger partial charge in [0.1, 0.15) is 0 Å². The van der Waals surface area contributed by atoms with E-state index in [4.69, 9.17) is 21.4 Å². The monoisotopic (exact) mass is 411 g/mol. The van der Waals surface area contributed by atoms with Crippen LogP contribution in [0.4, 0.5) is 0 Å². The van der Waals surface area contributed by atoms with Gasteiger partial charge in [-0.15, -0.1) is 0 Å². The van der Waals surface area contributed by atoms with Crippen LogP contribution in [0.2, 0.25) is 5.02 Å². The van der Waals surface area contributed by atoms with E-state index < -0.39 is 0 Å². The Kier molecular flexibility index (Phi) is 5.99. The van der Waals surface area contributed by atoms with E-state index in [9.17, 15) is 4.79 Å². The van der Waals surface area contributed by atoms with Crippen molar-refractivity contribution < 1.29 is 9.53 Å². The van der Waals surface area contributed by atoms with E-state index >= 15 is 0 Å². The maximum absolute atomic E-state index is 13.2. The summed E-state index contributed by atoms with van der Waals surface area (Å²) in [5.41, 5.74) is 5.49. The highest BCUT2D eigenvalue weighted by atomic mass is 35.5. The number of hydrogen-bond donors (Lipinski definition) is 0. The lowest BCUT2D eigenvalue weighted by Crippen LogP contribution is -2.43. The minimum absolute atomic E-state index is 0.0205. The number of carbonyl (C=O) groups is 1. The summed E-state index contributed by atoms with van der Waals surface area (Å²) in [7, 11) is 0. The van der Waals surface area contributed by atoms with E-state index in [-0.39, 0.29) is 11.9 Å². The Morgan fingerprint density at radius 1 is 1.14 bits per heavy atom. The first-order valence-electron chi connectivity index (χ1n) is 10.0.